The summed E-state index contributed by atoms with van der Waals surface area (Å²) >= 11 is 0. The Morgan fingerprint density at radius 2 is 1.88 bits per heavy atom. The van der Waals surface area contributed by atoms with Gasteiger partial charge in [0.25, 0.3) is 5.56 Å². The summed E-state index contributed by atoms with van der Waals surface area (Å²) in [6.07, 6.45) is 5.46. The van der Waals surface area contributed by atoms with Crippen molar-refractivity contribution in [2.24, 2.45) is 11.3 Å². The van der Waals surface area contributed by atoms with Gasteiger partial charge in [-0.15, -0.1) is 0 Å². The number of nitrogens with one attached hydrogen (secondary N) is 1. The molecule has 3 rings (SSSR count). The van der Waals surface area contributed by atoms with E-state index < -0.39 is 5.69 Å². The number of hydrogen-bond donors (Lipinski definition) is 1. The van der Waals surface area contributed by atoms with E-state index in [1.165, 1.54) is 17.7 Å². The van der Waals surface area contributed by atoms with Gasteiger partial charge in [0.05, 0.1) is 5.39 Å². The number of H-pyrrole nitrogens is 1. The van der Waals surface area contributed by atoms with Crippen LogP contribution in [0.4, 0.5) is 0 Å². The fraction of sp³-hybridized carbons (Fsp3) is 0.600. The lowest BCUT2D eigenvalue weighted by molar-refractivity contribution is -0.116. The summed E-state index contributed by atoms with van der Waals surface area (Å²) in [5.74, 6) is 0.620. The normalized spacial score (nSPS) is 21.1. The van der Waals surface area contributed by atoms with Gasteiger partial charge in [-0.2, -0.15) is 0 Å². The molecule has 0 spiro atoms. The van der Waals surface area contributed by atoms with Crippen LogP contribution < -0.4 is 11.2 Å². The molecule has 2 aromatic rings. The molecule has 0 radical (unpaired) electrons. The first-order valence-electron chi connectivity index (χ1n) is 9.29. The Labute approximate surface area is 152 Å². The van der Waals surface area contributed by atoms with Crippen LogP contribution >= 0.6 is 0 Å². The molecule has 6 nitrogen and oxygen atoms in total. The highest BCUT2D eigenvalue weighted by atomic mass is 16.2. The molecule has 1 aliphatic carbocycles. The minimum atomic E-state index is -0.395. The molecule has 1 N–H and O–H groups in total. The average molecular weight is 357 g/mol. The molecule has 6 heteroatoms. The third-order valence-electron chi connectivity index (χ3n) is 5.58. The quantitative estimate of drug-likeness (QED) is 0.915. The lowest BCUT2D eigenvalue weighted by atomic mass is 9.71. The van der Waals surface area contributed by atoms with Crippen molar-refractivity contribution in [2.45, 2.75) is 65.8 Å². The second kappa shape index (κ2) is 6.82. The molecule has 0 aromatic carbocycles. The molecule has 0 bridgehead atoms. The van der Waals surface area contributed by atoms with E-state index in [-0.39, 0.29) is 34.9 Å². The minimum Gasteiger partial charge on any atom is -0.300 e. The number of aromatic amines is 1. The van der Waals surface area contributed by atoms with E-state index in [2.05, 4.69) is 30.7 Å². The van der Waals surface area contributed by atoms with Gasteiger partial charge in [-0.3, -0.25) is 19.1 Å². The monoisotopic (exact) mass is 357 g/mol. The van der Waals surface area contributed by atoms with Crippen LogP contribution in [0.15, 0.2) is 21.9 Å². The van der Waals surface area contributed by atoms with Crippen molar-refractivity contribution in [3.8, 4) is 0 Å². The number of ketones is 1. The smallest absolute Gasteiger partial charge is 0.300 e. The molecule has 0 saturated heterocycles. The van der Waals surface area contributed by atoms with Gasteiger partial charge in [0.15, 0.2) is 0 Å². The third-order valence-corrected chi connectivity index (χ3v) is 5.58. The van der Waals surface area contributed by atoms with Gasteiger partial charge in [-0.05, 0) is 55.6 Å². The van der Waals surface area contributed by atoms with Crippen molar-refractivity contribution >= 4 is 16.8 Å². The zero-order valence-electron chi connectivity index (χ0n) is 16.0. The van der Waals surface area contributed by atoms with Crippen molar-refractivity contribution in [3.05, 3.63) is 38.7 Å². The molecule has 26 heavy (non-hydrogen) atoms. The Morgan fingerprint density at radius 3 is 2.46 bits per heavy atom. The molecule has 1 fully saturated rings. The van der Waals surface area contributed by atoms with Crippen molar-refractivity contribution in [1.29, 1.82) is 0 Å². The number of rotatable bonds is 3. The summed E-state index contributed by atoms with van der Waals surface area (Å²) in [5, 5.41) is 0.376. The molecule has 0 unspecified atom stereocenters. The minimum absolute atomic E-state index is 0.0106. The van der Waals surface area contributed by atoms with Crippen LogP contribution in [-0.4, -0.2) is 20.3 Å². The van der Waals surface area contributed by atoms with Crippen LogP contribution in [-0.2, 0) is 11.2 Å². The van der Waals surface area contributed by atoms with Gasteiger partial charge in [0.1, 0.15) is 11.4 Å². The predicted octanol–water partition coefficient (Wildman–Crippen LogP) is 2.99. The number of nitrogens with zero attached hydrogens (tertiary/aromatic N) is 2. The maximum absolute atomic E-state index is 13.0. The molecule has 1 saturated carbocycles. The van der Waals surface area contributed by atoms with E-state index in [9.17, 15) is 14.4 Å². The SMILES string of the molecule is CC(=O)Cc1cnc2[nH]c(=O)n(C3CCC(C(C)(C)C)CC3)c(=O)c2c1. The highest BCUT2D eigenvalue weighted by Gasteiger charge is 2.31. The molecule has 1 aliphatic rings. The molecule has 140 valence electrons. The Balaban J connectivity index is 1.97. The van der Waals surface area contributed by atoms with Gasteiger partial charge in [-0.1, -0.05) is 20.8 Å². The van der Waals surface area contributed by atoms with Gasteiger partial charge in [0, 0.05) is 18.7 Å². The molecular formula is C20H27N3O3. The standard InChI is InChI=1S/C20H27N3O3/c1-12(24)9-13-10-16-17(21-11-13)22-19(26)23(18(16)25)15-7-5-14(6-8-15)20(2,3)4/h10-11,14-15H,5-9H2,1-4H3,(H,21,22,26). The Morgan fingerprint density at radius 1 is 1.23 bits per heavy atom. The van der Waals surface area contributed by atoms with Crippen LogP contribution in [0.3, 0.4) is 0 Å². The fourth-order valence-electron chi connectivity index (χ4n) is 4.07. The van der Waals surface area contributed by atoms with Crippen LogP contribution in [0.5, 0.6) is 0 Å². The van der Waals surface area contributed by atoms with Crippen molar-refractivity contribution in [1.82, 2.24) is 14.5 Å². The lowest BCUT2D eigenvalue weighted by Crippen LogP contribution is -2.40. The highest BCUT2D eigenvalue weighted by molar-refractivity contribution is 5.80. The second-order valence-electron chi connectivity index (χ2n) is 8.60. The lowest BCUT2D eigenvalue weighted by Gasteiger charge is -2.37. The van der Waals surface area contributed by atoms with Gasteiger partial charge in [0.2, 0.25) is 0 Å². The summed E-state index contributed by atoms with van der Waals surface area (Å²) < 4.78 is 1.36. The predicted molar refractivity (Wildman–Crippen MR) is 101 cm³/mol. The number of hydrogen-bond acceptors (Lipinski definition) is 4. The summed E-state index contributed by atoms with van der Waals surface area (Å²) in [6, 6.07) is 1.60. The summed E-state index contributed by atoms with van der Waals surface area (Å²) in [7, 11) is 0. The topological polar surface area (TPSA) is 84.8 Å². The van der Waals surface area contributed by atoms with E-state index >= 15 is 0 Å². The van der Waals surface area contributed by atoms with E-state index in [1.807, 2.05) is 0 Å². The molecule has 2 heterocycles. The first kappa shape index (κ1) is 18.5. The van der Waals surface area contributed by atoms with E-state index in [0.29, 0.717) is 16.9 Å². The maximum atomic E-state index is 13.0. The number of aromatic nitrogens is 3. The van der Waals surface area contributed by atoms with Crippen molar-refractivity contribution in [3.63, 3.8) is 0 Å². The molecular weight excluding hydrogens is 330 g/mol. The Kier molecular flexibility index (Phi) is 4.86. The zero-order valence-corrected chi connectivity index (χ0v) is 16.0. The van der Waals surface area contributed by atoms with E-state index in [0.717, 1.165) is 25.7 Å². The maximum Gasteiger partial charge on any atom is 0.330 e. The number of fused-ring (bicyclic) bond motifs is 1. The summed E-state index contributed by atoms with van der Waals surface area (Å²) in [6.45, 7) is 8.24. The Hall–Kier alpha value is -2.24. The Bertz CT molecular complexity index is 941. The molecule has 0 amide bonds. The number of carbonyl (C=O) groups excluding carboxylic acids is 1. The van der Waals surface area contributed by atoms with Gasteiger partial charge in [-0.25, -0.2) is 9.78 Å². The van der Waals surface area contributed by atoms with Crippen molar-refractivity contribution < 1.29 is 4.79 Å². The van der Waals surface area contributed by atoms with Crippen molar-refractivity contribution in [2.75, 3.05) is 0 Å². The van der Waals surface area contributed by atoms with Crippen LogP contribution in [0.1, 0.15) is 65.0 Å². The number of carbonyl (C=O) groups is 1. The number of Topliss-reactive ketones (excluding diaryl/α,β-unsaturated/α-hetero) is 1. The molecule has 0 aliphatic heterocycles. The highest BCUT2D eigenvalue weighted by Crippen LogP contribution is 2.40. The molecule has 2 aromatic heterocycles. The van der Waals surface area contributed by atoms with Crippen LogP contribution in [0.25, 0.3) is 11.0 Å². The van der Waals surface area contributed by atoms with Gasteiger partial charge >= 0.3 is 5.69 Å². The first-order valence-corrected chi connectivity index (χ1v) is 9.29. The fourth-order valence-corrected chi connectivity index (χ4v) is 4.07. The van der Waals surface area contributed by atoms with E-state index in [4.69, 9.17) is 0 Å². The van der Waals surface area contributed by atoms with Crippen LogP contribution in [0, 0.1) is 11.3 Å². The first-order chi connectivity index (χ1) is 12.2. The van der Waals surface area contributed by atoms with Crippen LogP contribution in [0.2, 0.25) is 0 Å². The second-order valence-corrected chi connectivity index (χ2v) is 8.60. The third kappa shape index (κ3) is 3.64. The summed E-state index contributed by atoms with van der Waals surface area (Å²) in [5.41, 5.74) is 0.524. The largest absolute Gasteiger partial charge is 0.330 e. The average Bonchev–Trinajstić information content (AvgIpc) is 2.55. The number of pyridine rings is 1. The van der Waals surface area contributed by atoms with E-state index in [1.54, 1.807) is 6.07 Å². The molecule has 0 atom stereocenters. The summed E-state index contributed by atoms with van der Waals surface area (Å²) in [4.78, 5) is 43.7. The van der Waals surface area contributed by atoms with Gasteiger partial charge < -0.3 is 0 Å². The zero-order chi connectivity index (χ0) is 19.1.